The lowest BCUT2D eigenvalue weighted by molar-refractivity contribution is 0.187. The van der Waals surface area contributed by atoms with E-state index in [1.807, 2.05) is 0 Å². The molecule has 0 spiro atoms. The molecule has 1 N–H and O–H groups in total. The second-order valence-corrected chi connectivity index (χ2v) is 4.10. The molecule has 0 aliphatic heterocycles. The lowest BCUT2D eigenvalue weighted by Gasteiger charge is -2.21. The zero-order valence-corrected chi connectivity index (χ0v) is 9.42. The second-order valence-electron chi connectivity index (χ2n) is 4.10. The van der Waals surface area contributed by atoms with Gasteiger partial charge in [0, 0.05) is 6.54 Å². The summed E-state index contributed by atoms with van der Waals surface area (Å²) in [7, 11) is 0. The van der Waals surface area contributed by atoms with Gasteiger partial charge in [-0.3, -0.25) is 0 Å². The van der Waals surface area contributed by atoms with Gasteiger partial charge < -0.3 is 10.0 Å². The molecule has 0 aromatic heterocycles. The number of nitrogens with zero attached hydrogens (tertiary/aromatic N) is 1. The van der Waals surface area contributed by atoms with Crippen molar-refractivity contribution in [3.05, 3.63) is 0 Å². The fourth-order valence-corrected chi connectivity index (χ4v) is 1.30. The summed E-state index contributed by atoms with van der Waals surface area (Å²) >= 11 is 0. The van der Waals surface area contributed by atoms with E-state index in [2.05, 4.69) is 25.7 Å². The van der Waals surface area contributed by atoms with Gasteiger partial charge in [0.25, 0.3) is 0 Å². The van der Waals surface area contributed by atoms with Crippen LogP contribution in [0.2, 0.25) is 0 Å². The number of hydrogen-bond donors (Lipinski definition) is 1. The van der Waals surface area contributed by atoms with Crippen molar-refractivity contribution < 1.29 is 5.11 Å². The number of rotatable bonds is 8. The first-order chi connectivity index (χ1) is 6.20. The van der Waals surface area contributed by atoms with Crippen molar-refractivity contribution >= 4 is 0 Å². The fourth-order valence-electron chi connectivity index (χ4n) is 1.30. The maximum absolute atomic E-state index is 8.86. The predicted octanol–water partition coefficient (Wildman–Crippen LogP) is 2.13. The maximum Gasteiger partial charge on any atom is 0.0558 e. The Morgan fingerprint density at radius 3 is 2.31 bits per heavy atom. The van der Waals surface area contributed by atoms with Gasteiger partial charge >= 0.3 is 0 Å². The third kappa shape index (κ3) is 8.26. The molecular formula is C11H25NO. The van der Waals surface area contributed by atoms with Gasteiger partial charge in [-0.25, -0.2) is 0 Å². The highest BCUT2D eigenvalue weighted by Crippen LogP contribution is 2.03. The zero-order valence-electron chi connectivity index (χ0n) is 9.42. The van der Waals surface area contributed by atoms with Crippen LogP contribution in [0.4, 0.5) is 0 Å². The molecule has 2 heteroatoms. The summed E-state index contributed by atoms with van der Waals surface area (Å²) in [5.41, 5.74) is 0. The highest BCUT2D eigenvalue weighted by Gasteiger charge is 2.04. The highest BCUT2D eigenvalue weighted by atomic mass is 16.3. The van der Waals surface area contributed by atoms with Crippen molar-refractivity contribution in [2.75, 3.05) is 26.2 Å². The summed E-state index contributed by atoms with van der Waals surface area (Å²) in [5.74, 6) is 0.766. The van der Waals surface area contributed by atoms with Crippen LogP contribution in [0.1, 0.15) is 40.0 Å². The van der Waals surface area contributed by atoms with E-state index in [1.165, 1.54) is 19.3 Å². The van der Waals surface area contributed by atoms with Gasteiger partial charge in [-0.2, -0.15) is 0 Å². The molecule has 0 saturated heterocycles. The lowest BCUT2D eigenvalue weighted by Crippen LogP contribution is -2.29. The Balaban J connectivity index is 3.53. The van der Waals surface area contributed by atoms with Gasteiger partial charge in [0.2, 0.25) is 0 Å². The zero-order chi connectivity index (χ0) is 10.1. The van der Waals surface area contributed by atoms with Gasteiger partial charge in [0.1, 0.15) is 0 Å². The summed E-state index contributed by atoms with van der Waals surface area (Å²) in [6, 6.07) is 0. The number of hydrogen-bond acceptors (Lipinski definition) is 2. The first-order valence-corrected chi connectivity index (χ1v) is 5.53. The summed E-state index contributed by atoms with van der Waals surface area (Å²) in [5, 5.41) is 8.86. The van der Waals surface area contributed by atoms with E-state index in [9.17, 15) is 0 Å². The smallest absolute Gasteiger partial charge is 0.0558 e. The van der Waals surface area contributed by atoms with Crippen LogP contribution >= 0.6 is 0 Å². The number of aliphatic hydroxyl groups excluding tert-OH is 1. The van der Waals surface area contributed by atoms with Crippen molar-refractivity contribution in [1.82, 2.24) is 4.90 Å². The van der Waals surface area contributed by atoms with Gasteiger partial charge in [0.05, 0.1) is 6.61 Å². The summed E-state index contributed by atoms with van der Waals surface area (Å²) in [6.07, 6.45) is 3.73. The van der Waals surface area contributed by atoms with E-state index < -0.39 is 0 Å². The van der Waals surface area contributed by atoms with E-state index in [-0.39, 0.29) is 0 Å². The predicted molar refractivity (Wildman–Crippen MR) is 57.9 cm³/mol. The molecule has 0 aromatic carbocycles. The third-order valence-corrected chi connectivity index (χ3v) is 2.27. The first-order valence-electron chi connectivity index (χ1n) is 5.53. The van der Waals surface area contributed by atoms with Gasteiger partial charge in [-0.15, -0.1) is 0 Å². The summed E-state index contributed by atoms with van der Waals surface area (Å²) in [4.78, 5) is 2.36. The molecule has 0 fully saturated rings. The fraction of sp³-hybridized carbons (Fsp3) is 1.00. The molecule has 0 aliphatic carbocycles. The third-order valence-electron chi connectivity index (χ3n) is 2.27. The van der Waals surface area contributed by atoms with Crippen LogP contribution in [0.25, 0.3) is 0 Å². The quantitative estimate of drug-likeness (QED) is 0.629. The normalized spacial score (nSPS) is 11.5. The lowest BCUT2D eigenvalue weighted by atomic mass is 10.1. The minimum atomic E-state index is 0.293. The Hall–Kier alpha value is -0.0800. The Bertz CT molecular complexity index is 104. The van der Waals surface area contributed by atoms with Gasteiger partial charge in [-0.1, -0.05) is 27.2 Å². The average molecular weight is 187 g/mol. The monoisotopic (exact) mass is 187 g/mol. The van der Waals surface area contributed by atoms with Crippen LogP contribution in [-0.2, 0) is 0 Å². The van der Waals surface area contributed by atoms with Crippen molar-refractivity contribution in [3.63, 3.8) is 0 Å². The average Bonchev–Trinajstić information content (AvgIpc) is 2.09. The molecule has 0 rings (SSSR count). The molecule has 0 amide bonds. The van der Waals surface area contributed by atoms with Crippen molar-refractivity contribution in [2.45, 2.75) is 40.0 Å². The molecule has 0 unspecified atom stereocenters. The molecule has 0 heterocycles. The van der Waals surface area contributed by atoms with Crippen molar-refractivity contribution in [2.24, 2.45) is 5.92 Å². The van der Waals surface area contributed by atoms with Crippen LogP contribution in [-0.4, -0.2) is 36.2 Å². The van der Waals surface area contributed by atoms with Gasteiger partial charge in [-0.05, 0) is 31.8 Å². The Labute approximate surface area is 82.9 Å². The first kappa shape index (κ1) is 12.9. The molecular weight excluding hydrogens is 162 g/mol. The minimum Gasteiger partial charge on any atom is -0.395 e. The molecule has 13 heavy (non-hydrogen) atoms. The largest absolute Gasteiger partial charge is 0.395 e. The Kier molecular flexibility index (Phi) is 8.46. The summed E-state index contributed by atoms with van der Waals surface area (Å²) in [6.45, 7) is 10.1. The van der Waals surface area contributed by atoms with Crippen LogP contribution in [0, 0.1) is 5.92 Å². The molecule has 0 aliphatic rings. The second kappa shape index (κ2) is 8.52. The molecule has 80 valence electrons. The van der Waals surface area contributed by atoms with E-state index >= 15 is 0 Å². The van der Waals surface area contributed by atoms with Crippen LogP contribution in [0.3, 0.4) is 0 Å². The van der Waals surface area contributed by atoms with E-state index in [0.717, 1.165) is 25.6 Å². The van der Waals surface area contributed by atoms with Crippen molar-refractivity contribution in [3.8, 4) is 0 Å². The molecule has 2 nitrogen and oxygen atoms in total. The topological polar surface area (TPSA) is 23.5 Å². The molecule has 0 saturated carbocycles. The molecule has 0 atom stereocenters. The van der Waals surface area contributed by atoms with Gasteiger partial charge in [0.15, 0.2) is 0 Å². The maximum atomic E-state index is 8.86. The highest BCUT2D eigenvalue weighted by molar-refractivity contribution is 4.58. The minimum absolute atomic E-state index is 0.293. The summed E-state index contributed by atoms with van der Waals surface area (Å²) < 4.78 is 0. The van der Waals surface area contributed by atoms with E-state index in [1.54, 1.807) is 0 Å². The van der Waals surface area contributed by atoms with Crippen LogP contribution < -0.4 is 0 Å². The van der Waals surface area contributed by atoms with E-state index in [0.29, 0.717) is 6.61 Å². The van der Waals surface area contributed by atoms with E-state index in [4.69, 9.17) is 5.11 Å². The number of unbranched alkanes of at least 4 members (excludes halogenated alkanes) is 1. The molecule has 0 aromatic rings. The Morgan fingerprint density at radius 1 is 1.15 bits per heavy atom. The van der Waals surface area contributed by atoms with Crippen LogP contribution in [0.5, 0.6) is 0 Å². The SMILES string of the molecule is CCCCN(CCO)CCC(C)C. The number of aliphatic hydroxyl groups is 1. The van der Waals surface area contributed by atoms with Crippen molar-refractivity contribution in [1.29, 1.82) is 0 Å². The molecule has 0 radical (unpaired) electrons. The Morgan fingerprint density at radius 2 is 1.85 bits per heavy atom. The van der Waals surface area contributed by atoms with Crippen LogP contribution in [0.15, 0.2) is 0 Å². The standard InChI is InChI=1S/C11H25NO/c1-4-5-7-12(9-10-13)8-6-11(2)3/h11,13H,4-10H2,1-3H3. The molecule has 0 bridgehead atoms.